The second kappa shape index (κ2) is 6.89. The fourth-order valence-corrected chi connectivity index (χ4v) is 2.82. The van der Waals surface area contributed by atoms with Crippen LogP contribution in [0.3, 0.4) is 0 Å². The summed E-state index contributed by atoms with van der Waals surface area (Å²) < 4.78 is 7.04. The lowest BCUT2D eigenvalue weighted by atomic mass is 9.99. The summed E-state index contributed by atoms with van der Waals surface area (Å²) in [6, 6.07) is 5.57. The van der Waals surface area contributed by atoms with E-state index in [4.69, 9.17) is 10.5 Å². The quantitative estimate of drug-likeness (QED) is 0.496. The van der Waals surface area contributed by atoms with Crippen molar-refractivity contribution in [2.24, 2.45) is 7.05 Å². The van der Waals surface area contributed by atoms with Crippen LogP contribution in [0, 0.1) is 10.1 Å². The van der Waals surface area contributed by atoms with Crippen molar-refractivity contribution >= 4 is 23.1 Å². The van der Waals surface area contributed by atoms with Gasteiger partial charge in [-0.15, -0.1) is 0 Å². The smallest absolute Gasteiger partial charge is 0.270 e. The second-order valence-corrected chi connectivity index (χ2v) is 5.97. The van der Waals surface area contributed by atoms with Crippen molar-refractivity contribution < 1.29 is 14.5 Å². The zero-order valence-electron chi connectivity index (χ0n) is 13.8. The van der Waals surface area contributed by atoms with Gasteiger partial charge in [0.15, 0.2) is 0 Å². The summed E-state index contributed by atoms with van der Waals surface area (Å²) >= 11 is 0. The third-order valence-electron chi connectivity index (χ3n) is 4.21. The van der Waals surface area contributed by atoms with Gasteiger partial charge < -0.3 is 15.8 Å². The molecule has 3 N–H and O–H groups in total. The highest BCUT2D eigenvalue weighted by Crippen LogP contribution is 2.27. The molecule has 1 aliphatic heterocycles. The zero-order chi connectivity index (χ0) is 18.0. The number of anilines is 2. The highest BCUT2D eigenvalue weighted by Gasteiger charge is 2.21. The maximum atomic E-state index is 12.5. The van der Waals surface area contributed by atoms with Crippen LogP contribution in [-0.4, -0.2) is 33.8 Å². The van der Waals surface area contributed by atoms with E-state index in [9.17, 15) is 14.9 Å². The number of amides is 1. The van der Waals surface area contributed by atoms with E-state index in [-0.39, 0.29) is 22.9 Å². The molecule has 1 amide bonds. The Labute approximate surface area is 143 Å². The maximum Gasteiger partial charge on any atom is 0.270 e. The van der Waals surface area contributed by atoms with Gasteiger partial charge in [-0.2, -0.15) is 5.10 Å². The van der Waals surface area contributed by atoms with Gasteiger partial charge in [-0.05, 0) is 18.9 Å². The Morgan fingerprint density at radius 1 is 1.48 bits per heavy atom. The summed E-state index contributed by atoms with van der Waals surface area (Å²) in [6.45, 7) is 1.38. The fourth-order valence-electron chi connectivity index (χ4n) is 2.82. The van der Waals surface area contributed by atoms with E-state index in [0.717, 1.165) is 31.2 Å². The van der Waals surface area contributed by atoms with Crippen LogP contribution in [0.2, 0.25) is 0 Å². The molecule has 0 bridgehead atoms. The van der Waals surface area contributed by atoms with E-state index >= 15 is 0 Å². The van der Waals surface area contributed by atoms with Gasteiger partial charge >= 0.3 is 0 Å². The molecule has 1 atom stereocenters. The standard InChI is InChI=1S/C16H19N5O4/c1-20-15(8-14(19-20)10-3-2-6-25-9-10)18-16(22)12-7-11(21(23)24)4-5-13(12)17/h4-5,7-8,10H,2-3,6,9,17H2,1H3,(H,18,22)/t10-/m1/s1. The lowest BCUT2D eigenvalue weighted by molar-refractivity contribution is -0.384. The van der Waals surface area contributed by atoms with Gasteiger partial charge in [0.05, 0.1) is 22.8 Å². The first kappa shape index (κ1) is 16.9. The number of hydrogen-bond donors (Lipinski definition) is 2. The summed E-state index contributed by atoms with van der Waals surface area (Å²) in [7, 11) is 1.72. The number of nitrogens with two attached hydrogens (primary N) is 1. The first-order valence-electron chi connectivity index (χ1n) is 7.92. The molecule has 2 heterocycles. The SMILES string of the molecule is Cn1nc([C@@H]2CCCOC2)cc1NC(=O)c1cc([N+](=O)[O-])ccc1N. The monoisotopic (exact) mass is 345 g/mol. The van der Waals surface area contributed by atoms with Crippen LogP contribution in [0.25, 0.3) is 0 Å². The van der Waals surface area contributed by atoms with Crippen LogP contribution in [-0.2, 0) is 11.8 Å². The number of aromatic nitrogens is 2. The maximum absolute atomic E-state index is 12.5. The van der Waals surface area contributed by atoms with E-state index in [1.807, 2.05) is 0 Å². The number of rotatable bonds is 4. The summed E-state index contributed by atoms with van der Waals surface area (Å²) in [4.78, 5) is 22.8. The fraction of sp³-hybridized carbons (Fsp3) is 0.375. The Morgan fingerprint density at radius 2 is 2.28 bits per heavy atom. The Hall–Kier alpha value is -2.94. The van der Waals surface area contributed by atoms with Gasteiger partial charge in [0.1, 0.15) is 5.82 Å². The Morgan fingerprint density at radius 3 is 2.96 bits per heavy atom. The minimum atomic E-state index is -0.568. The summed E-state index contributed by atoms with van der Waals surface area (Å²) in [5.74, 6) is 0.181. The number of nitro benzene ring substituents is 1. The van der Waals surface area contributed by atoms with Crippen molar-refractivity contribution in [1.82, 2.24) is 9.78 Å². The molecular weight excluding hydrogens is 326 g/mol. The molecule has 9 nitrogen and oxygen atoms in total. The molecule has 9 heteroatoms. The van der Waals surface area contributed by atoms with Crippen LogP contribution in [0.1, 0.15) is 34.8 Å². The van der Waals surface area contributed by atoms with E-state index in [0.29, 0.717) is 12.4 Å². The van der Waals surface area contributed by atoms with Crippen LogP contribution in [0.15, 0.2) is 24.3 Å². The summed E-state index contributed by atoms with van der Waals surface area (Å²) in [6.07, 6.45) is 1.97. The topological polar surface area (TPSA) is 125 Å². The molecule has 2 aromatic rings. The van der Waals surface area contributed by atoms with E-state index < -0.39 is 10.8 Å². The number of nitro groups is 1. The van der Waals surface area contributed by atoms with Crippen LogP contribution < -0.4 is 11.1 Å². The Balaban J connectivity index is 1.80. The van der Waals surface area contributed by atoms with Crippen molar-refractivity contribution in [2.45, 2.75) is 18.8 Å². The average molecular weight is 345 g/mol. The lowest BCUT2D eigenvalue weighted by Crippen LogP contribution is -2.16. The molecule has 1 aliphatic rings. The van der Waals surface area contributed by atoms with Crippen molar-refractivity contribution in [2.75, 3.05) is 24.3 Å². The third kappa shape index (κ3) is 3.61. The van der Waals surface area contributed by atoms with Gasteiger partial charge in [0.2, 0.25) is 0 Å². The molecule has 1 fully saturated rings. The first-order chi connectivity index (χ1) is 12.0. The zero-order valence-corrected chi connectivity index (χ0v) is 13.8. The van der Waals surface area contributed by atoms with Gasteiger partial charge in [0, 0.05) is 43.5 Å². The molecule has 0 unspecified atom stereocenters. The molecule has 1 aromatic heterocycles. The van der Waals surface area contributed by atoms with Crippen molar-refractivity contribution in [3.63, 3.8) is 0 Å². The Bertz CT molecular complexity index is 811. The molecule has 25 heavy (non-hydrogen) atoms. The minimum Gasteiger partial charge on any atom is -0.398 e. The highest BCUT2D eigenvalue weighted by atomic mass is 16.6. The van der Waals surface area contributed by atoms with Crippen molar-refractivity contribution in [1.29, 1.82) is 0 Å². The number of ether oxygens (including phenoxy) is 1. The lowest BCUT2D eigenvalue weighted by Gasteiger charge is -2.19. The predicted octanol–water partition coefficient (Wildman–Crippen LogP) is 2.06. The molecule has 1 saturated heterocycles. The number of carbonyl (C=O) groups is 1. The van der Waals surface area contributed by atoms with E-state index in [2.05, 4.69) is 10.4 Å². The van der Waals surface area contributed by atoms with E-state index in [1.54, 1.807) is 17.8 Å². The number of aryl methyl sites for hydroxylation is 1. The molecule has 3 rings (SSSR count). The second-order valence-electron chi connectivity index (χ2n) is 5.97. The average Bonchev–Trinajstić information content (AvgIpc) is 2.96. The first-order valence-corrected chi connectivity index (χ1v) is 7.92. The normalized spacial score (nSPS) is 17.2. The van der Waals surface area contributed by atoms with Crippen LogP contribution >= 0.6 is 0 Å². The number of hydrogen-bond acceptors (Lipinski definition) is 6. The predicted molar refractivity (Wildman–Crippen MR) is 91.5 cm³/mol. The number of non-ortho nitro benzene ring substituents is 1. The highest BCUT2D eigenvalue weighted by molar-refractivity contribution is 6.07. The van der Waals surface area contributed by atoms with Crippen molar-refractivity contribution in [3.05, 3.63) is 45.6 Å². The number of carbonyl (C=O) groups excluding carboxylic acids is 1. The molecule has 1 aromatic carbocycles. The van der Waals surface area contributed by atoms with Crippen molar-refractivity contribution in [3.8, 4) is 0 Å². The molecule has 0 aliphatic carbocycles. The minimum absolute atomic E-state index is 0.0537. The number of nitrogens with zero attached hydrogens (tertiary/aromatic N) is 3. The number of nitrogen functional groups attached to an aromatic ring is 1. The molecule has 132 valence electrons. The summed E-state index contributed by atoms with van der Waals surface area (Å²) in [5.41, 5.74) is 6.67. The number of nitrogens with one attached hydrogen (secondary N) is 1. The van der Waals surface area contributed by atoms with Crippen LogP contribution in [0.4, 0.5) is 17.2 Å². The van der Waals surface area contributed by atoms with Gasteiger partial charge in [-0.1, -0.05) is 0 Å². The number of benzene rings is 1. The third-order valence-corrected chi connectivity index (χ3v) is 4.21. The molecule has 0 spiro atoms. The van der Waals surface area contributed by atoms with Crippen LogP contribution in [0.5, 0.6) is 0 Å². The summed E-state index contributed by atoms with van der Waals surface area (Å²) in [5, 5.41) is 18.0. The van der Waals surface area contributed by atoms with Gasteiger partial charge in [-0.25, -0.2) is 0 Å². The molecule has 0 saturated carbocycles. The Kier molecular flexibility index (Phi) is 4.66. The largest absolute Gasteiger partial charge is 0.398 e. The van der Waals surface area contributed by atoms with Gasteiger partial charge in [-0.3, -0.25) is 19.6 Å². The van der Waals surface area contributed by atoms with E-state index in [1.165, 1.54) is 12.1 Å². The molecular formula is C16H19N5O4. The molecule has 0 radical (unpaired) electrons. The van der Waals surface area contributed by atoms with Gasteiger partial charge in [0.25, 0.3) is 11.6 Å².